The fraction of sp³-hybridized carbons (Fsp3) is 0.174. The van der Waals surface area contributed by atoms with Crippen LogP contribution in [0.5, 0.6) is 23.0 Å². The topological polar surface area (TPSA) is 91.4 Å². The largest absolute Gasteiger partial charge is 0.497 e. The van der Waals surface area contributed by atoms with Gasteiger partial charge < -0.3 is 18.9 Å². The zero-order chi connectivity index (χ0) is 24.2. The van der Waals surface area contributed by atoms with Gasteiger partial charge in [0.1, 0.15) is 5.75 Å². The Balaban J connectivity index is 2.21. The van der Waals surface area contributed by atoms with Crippen molar-refractivity contribution in [2.45, 2.75) is 4.90 Å². The van der Waals surface area contributed by atoms with Crippen molar-refractivity contribution < 1.29 is 32.2 Å². The Bertz CT molecular complexity index is 1220. The molecule has 0 aliphatic heterocycles. The summed E-state index contributed by atoms with van der Waals surface area (Å²) in [5.41, 5.74) is 0.127. The van der Waals surface area contributed by atoms with Crippen molar-refractivity contribution in [3.63, 3.8) is 0 Å². The summed E-state index contributed by atoms with van der Waals surface area (Å²) in [4.78, 5) is 13.6. The Labute approximate surface area is 197 Å². The van der Waals surface area contributed by atoms with Crippen LogP contribution in [0.25, 0.3) is 0 Å². The highest BCUT2D eigenvalue weighted by Gasteiger charge is 2.33. The van der Waals surface area contributed by atoms with Crippen LogP contribution in [0.15, 0.2) is 65.6 Å². The molecule has 33 heavy (non-hydrogen) atoms. The van der Waals surface area contributed by atoms with Crippen LogP contribution in [0, 0.1) is 0 Å². The first-order valence-corrected chi connectivity index (χ1v) is 11.4. The highest BCUT2D eigenvalue weighted by Crippen LogP contribution is 2.39. The van der Waals surface area contributed by atoms with Crippen LogP contribution in [0.1, 0.15) is 10.4 Å². The number of methoxy groups -OCH3 is 4. The van der Waals surface area contributed by atoms with Crippen molar-refractivity contribution in [1.29, 1.82) is 0 Å². The molecule has 0 aliphatic rings. The van der Waals surface area contributed by atoms with E-state index in [-0.39, 0.29) is 33.4 Å². The van der Waals surface area contributed by atoms with E-state index >= 15 is 0 Å². The summed E-state index contributed by atoms with van der Waals surface area (Å²) in [6.45, 7) is 0. The molecule has 1 amide bonds. The zero-order valence-electron chi connectivity index (χ0n) is 18.4. The number of hydrogen-bond donors (Lipinski definition) is 0. The minimum absolute atomic E-state index is 0.0119. The van der Waals surface area contributed by atoms with Gasteiger partial charge in [0.15, 0.2) is 11.5 Å². The number of anilines is 1. The van der Waals surface area contributed by atoms with Gasteiger partial charge in [-0.05, 0) is 60.7 Å². The summed E-state index contributed by atoms with van der Waals surface area (Å²) >= 11 is 5.92. The summed E-state index contributed by atoms with van der Waals surface area (Å²) in [6.07, 6.45) is 0. The van der Waals surface area contributed by atoms with E-state index in [9.17, 15) is 13.2 Å². The molecule has 0 saturated carbocycles. The van der Waals surface area contributed by atoms with Crippen molar-refractivity contribution in [2.75, 3.05) is 32.7 Å². The summed E-state index contributed by atoms with van der Waals surface area (Å²) < 4.78 is 48.9. The summed E-state index contributed by atoms with van der Waals surface area (Å²) in [6, 6.07) is 14.4. The van der Waals surface area contributed by atoms with E-state index in [1.54, 1.807) is 12.1 Å². The van der Waals surface area contributed by atoms with Crippen LogP contribution in [0.2, 0.25) is 5.02 Å². The molecule has 0 aromatic heterocycles. The summed E-state index contributed by atoms with van der Waals surface area (Å²) in [7, 11) is 1.39. The maximum Gasteiger partial charge on any atom is 0.272 e. The van der Waals surface area contributed by atoms with Gasteiger partial charge in [0.25, 0.3) is 15.9 Å². The molecule has 0 saturated heterocycles. The molecule has 0 aliphatic carbocycles. The van der Waals surface area contributed by atoms with Crippen LogP contribution in [0.3, 0.4) is 0 Å². The van der Waals surface area contributed by atoms with Crippen molar-refractivity contribution in [3.8, 4) is 23.0 Å². The van der Waals surface area contributed by atoms with Gasteiger partial charge in [0, 0.05) is 10.6 Å². The number of ether oxygens (including phenoxy) is 4. The van der Waals surface area contributed by atoms with E-state index in [4.69, 9.17) is 30.5 Å². The third-order valence-electron chi connectivity index (χ3n) is 4.75. The quantitative estimate of drug-likeness (QED) is 0.461. The van der Waals surface area contributed by atoms with E-state index in [1.807, 2.05) is 0 Å². The number of benzene rings is 3. The van der Waals surface area contributed by atoms with Crippen LogP contribution < -0.4 is 23.3 Å². The molecule has 0 atom stereocenters. The number of hydrogen-bond acceptors (Lipinski definition) is 7. The minimum atomic E-state index is -4.32. The van der Waals surface area contributed by atoms with Gasteiger partial charge in [-0.2, -0.15) is 4.31 Å². The predicted octanol–water partition coefficient (Wildman–Crippen LogP) is 4.41. The number of carbonyl (C=O) groups excluding carboxylic acids is 1. The van der Waals surface area contributed by atoms with Gasteiger partial charge in [-0.25, -0.2) is 8.42 Å². The first-order chi connectivity index (χ1) is 15.8. The maximum atomic E-state index is 13.7. The number of rotatable bonds is 8. The van der Waals surface area contributed by atoms with Crippen molar-refractivity contribution in [2.24, 2.45) is 0 Å². The van der Waals surface area contributed by atoms with Crippen LogP contribution >= 0.6 is 11.6 Å². The molecule has 0 fully saturated rings. The molecule has 3 rings (SSSR count). The molecular weight excluding hydrogens is 470 g/mol. The number of sulfonamides is 1. The predicted molar refractivity (Wildman–Crippen MR) is 125 cm³/mol. The number of carbonyl (C=O) groups is 1. The first kappa shape index (κ1) is 24.2. The minimum Gasteiger partial charge on any atom is -0.497 e. The lowest BCUT2D eigenvalue weighted by molar-refractivity contribution is 0.100. The Morgan fingerprint density at radius 2 is 1.33 bits per heavy atom. The smallest absolute Gasteiger partial charge is 0.272 e. The molecule has 0 unspecified atom stereocenters. The molecule has 8 nitrogen and oxygen atoms in total. The van der Waals surface area contributed by atoms with Crippen LogP contribution in [0.4, 0.5) is 5.69 Å². The van der Waals surface area contributed by atoms with Gasteiger partial charge in [-0.3, -0.25) is 4.79 Å². The van der Waals surface area contributed by atoms with E-state index in [1.165, 1.54) is 77.0 Å². The molecule has 174 valence electrons. The van der Waals surface area contributed by atoms with E-state index in [2.05, 4.69) is 0 Å². The molecule has 10 heteroatoms. The number of nitrogens with zero attached hydrogens (tertiary/aromatic N) is 1. The van der Waals surface area contributed by atoms with Gasteiger partial charge in [0.05, 0.1) is 39.0 Å². The monoisotopic (exact) mass is 491 g/mol. The maximum absolute atomic E-state index is 13.7. The number of amides is 1. The third kappa shape index (κ3) is 4.84. The zero-order valence-corrected chi connectivity index (χ0v) is 19.9. The summed E-state index contributed by atoms with van der Waals surface area (Å²) in [5.74, 6) is 0.364. The lowest BCUT2D eigenvalue weighted by Gasteiger charge is -2.24. The second-order valence-corrected chi connectivity index (χ2v) is 8.86. The second-order valence-electron chi connectivity index (χ2n) is 6.64. The van der Waals surface area contributed by atoms with Crippen LogP contribution in [-0.2, 0) is 10.0 Å². The van der Waals surface area contributed by atoms with E-state index in [0.29, 0.717) is 15.1 Å². The Morgan fingerprint density at radius 1 is 0.788 bits per heavy atom. The van der Waals surface area contributed by atoms with Crippen molar-refractivity contribution >= 4 is 33.2 Å². The Kier molecular flexibility index (Phi) is 7.35. The first-order valence-electron chi connectivity index (χ1n) is 9.56. The molecule has 3 aromatic carbocycles. The van der Waals surface area contributed by atoms with E-state index in [0.717, 1.165) is 0 Å². The van der Waals surface area contributed by atoms with E-state index < -0.39 is 15.9 Å². The van der Waals surface area contributed by atoms with Gasteiger partial charge in [-0.15, -0.1) is 0 Å². The van der Waals surface area contributed by atoms with Gasteiger partial charge >= 0.3 is 0 Å². The van der Waals surface area contributed by atoms with Crippen molar-refractivity contribution in [3.05, 3.63) is 71.2 Å². The number of halogens is 1. The molecule has 0 radical (unpaired) electrons. The average Bonchev–Trinajstić information content (AvgIpc) is 2.83. The normalized spacial score (nSPS) is 10.9. The Morgan fingerprint density at radius 3 is 1.79 bits per heavy atom. The SMILES string of the molecule is COc1ccc(N(C(=O)c2cc(OC)c(OC)c(OC)c2)S(=O)(=O)c2ccc(Cl)cc2)cc1. The lowest BCUT2D eigenvalue weighted by Crippen LogP contribution is -2.37. The summed E-state index contributed by atoms with van der Waals surface area (Å²) in [5, 5.41) is 0.362. The van der Waals surface area contributed by atoms with Gasteiger partial charge in [-0.1, -0.05) is 11.6 Å². The molecule has 0 heterocycles. The second kappa shape index (κ2) is 10.0. The third-order valence-corrected chi connectivity index (χ3v) is 6.73. The fourth-order valence-electron chi connectivity index (χ4n) is 3.12. The average molecular weight is 492 g/mol. The van der Waals surface area contributed by atoms with Crippen molar-refractivity contribution in [1.82, 2.24) is 0 Å². The molecular formula is C23H22ClNO7S. The molecule has 0 spiro atoms. The standard InChI is InChI=1S/C23H22ClNO7S/c1-29-18-9-7-17(8-10-18)25(33(27,28)19-11-5-16(24)6-12-19)23(26)15-13-20(30-2)22(32-4)21(14-15)31-3/h5-14H,1-4H3. The van der Waals surface area contributed by atoms with Gasteiger partial charge in [0.2, 0.25) is 5.75 Å². The highest BCUT2D eigenvalue weighted by molar-refractivity contribution is 7.93. The molecule has 0 bridgehead atoms. The lowest BCUT2D eigenvalue weighted by atomic mass is 10.1. The molecule has 3 aromatic rings. The Hall–Kier alpha value is -3.43. The highest BCUT2D eigenvalue weighted by atomic mass is 35.5. The fourth-order valence-corrected chi connectivity index (χ4v) is 4.66. The molecule has 0 N–H and O–H groups in total. The van der Waals surface area contributed by atoms with Crippen LogP contribution in [-0.4, -0.2) is 42.8 Å².